The van der Waals surface area contributed by atoms with Crippen molar-refractivity contribution >= 4 is 11.9 Å². The summed E-state index contributed by atoms with van der Waals surface area (Å²) in [4.78, 5) is 15.4. The number of hydrogen-bond donors (Lipinski definition) is 2. The van der Waals surface area contributed by atoms with Gasteiger partial charge in [-0.05, 0) is 61.3 Å². The van der Waals surface area contributed by atoms with Crippen molar-refractivity contribution in [3.8, 4) is 11.1 Å². The molecule has 1 amide bonds. The standard InChI is InChI=1S/C24H29N3O/c1-4-21(5-2)27-22(28)24(19-12-13-19,26-23(27)25)20-11-7-10-18(15-20)17-9-6-8-16(3)14-17/h6-11,14-15,19,21H,4-5,12-13H2,1-3H3,(H2,25,26). The molecule has 0 aromatic heterocycles. The molecule has 28 heavy (non-hydrogen) atoms. The molecule has 1 unspecified atom stereocenters. The van der Waals surface area contributed by atoms with Crippen molar-refractivity contribution in [2.75, 3.05) is 0 Å². The summed E-state index contributed by atoms with van der Waals surface area (Å²) in [6, 6.07) is 16.8. The highest BCUT2D eigenvalue weighted by molar-refractivity contribution is 6.09. The molecule has 0 radical (unpaired) electrons. The van der Waals surface area contributed by atoms with E-state index in [0.29, 0.717) is 0 Å². The van der Waals surface area contributed by atoms with Gasteiger partial charge in [0.2, 0.25) is 0 Å². The van der Waals surface area contributed by atoms with Gasteiger partial charge in [0.15, 0.2) is 5.96 Å². The van der Waals surface area contributed by atoms with E-state index in [0.717, 1.165) is 42.4 Å². The molecule has 146 valence electrons. The largest absolute Gasteiger partial charge is 0.338 e. The summed E-state index contributed by atoms with van der Waals surface area (Å²) in [5.41, 5.74) is 3.68. The van der Waals surface area contributed by atoms with Crippen LogP contribution in [-0.2, 0) is 10.3 Å². The monoisotopic (exact) mass is 375 g/mol. The van der Waals surface area contributed by atoms with E-state index in [1.807, 2.05) is 12.1 Å². The van der Waals surface area contributed by atoms with Crippen LogP contribution in [0.1, 0.15) is 50.7 Å². The first kappa shape index (κ1) is 18.7. The van der Waals surface area contributed by atoms with Crippen LogP contribution < -0.4 is 5.32 Å². The smallest absolute Gasteiger partial charge is 0.260 e. The molecule has 2 N–H and O–H groups in total. The Labute approximate surface area is 167 Å². The van der Waals surface area contributed by atoms with Crippen LogP contribution in [0.15, 0.2) is 48.5 Å². The SMILES string of the molecule is CCC(CC)N1C(=N)NC(c2cccc(-c3cccc(C)c3)c2)(C2CC2)C1=O. The topological polar surface area (TPSA) is 56.2 Å². The first-order valence-electron chi connectivity index (χ1n) is 10.4. The van der Waals surface area contributed by atoms with E-state index < -0.39 is 5.54 Å². The normalized spacial score (nSPS) is 22.1. The Morgan fingerprint density at radius 2 is 1.75 bits per heavy atom. The van der Waals surface area contributed by atoms with Crippen molar-refractivity contribution in [1.29, 1.82) is 5.41 Å². The van der Waals surface area contributed by atoms with Crippen molar-refractivity contribution in [2.24, 2.45) is 5.92 Å². The maximum Gasteiger partial charge on any atom is 0.260 e. The highest BCUT2D eigenvalue weighted by Gasteiger charge is 2.59. The minimum absolute atomic E-state index is 0.0510. The lowest BCUT2D eigenvalue weighted by atomic mass is 9.83. The summed E-state index contributed by atoms with van der Waals surface area (Å²) in [5, 5.41) is 11.9. The number of guanidine groups is 1. The molecule has 1 atom stereocenters. The number of nitrogens with zero attached hydrogens (tertiary/aromatic N) is 1. The Morgan fingerprint density at radius 1 is 1.11 bits per heavy atom. The zero-order chi connectivity index (χ0) is 19.9. The fourth-order valence-corrected chi connectivity index (χ4v) is 4.59. The number of amides is 1. The highest BCUT2D eigenvalue weighted by atomic mass is 16.2. The zero-order valence-corrected chi connectivity index (χ0v) is 17.0. The predicted molar refractivity (Wildman–Crippen MR) is 113 cm³/mol. The van der Waals surface area contributed by atoms with Crippen LogP contribution in [-0.4, -0.2) is 22.8 Å². The minimum atomic E-state index is -0.792. The molecule has 1 saturated carbocycles. The van der Waals surface area contributed by atoms with Crippen LogP contribution in [0.2, 0.25) is 0 Å². The van der Waals surface area contributed by atoms with Crippen molar-refractivity contribution in [3.63, 3.8) is 0 Å². The van der Waals surface area contributed by atoms with Gasteiger partial charge in [-0.3, -0.25) is 15.1 Å². The van der Waals surface area contributed by atoms with E-state index in [9.17, 15) is 4.79 Å². The Balaban J connectivity index is 1.79. The fraction of sp³-hybridized carbons (Fsp3) is 0.417. The molecule has 1 heterocycles. The van der Waals surface area contributed by atoms with Crippen molar-refractivity contribution in [1.82, 2.24) is 10.2 Å². The second-order valence-electron chi connectivity index (χ2n) is 8.15. The Morgan fingerprint density at radius 3 is 2.36 bits per heavy atom. The molecule has 4 rings (SSSR count). The minimum Gasteiger partial charge on any atom is -0.338 e. The molecule has 2 aromatic rings. The van der Waals surface area contributed by atoms with Gasteiger partial charge in [0.25, 0.3) is 5.91 Å². The van der Waals surface area contributed by atoms with Crippen LogP contribution in [0.5, 0.6) is 0 Å². The quantitative estimate of drug-likeness (QED) is 0.760. The molecule has 4 heteroatoms. The molecule has 2 aliphatic rings. The number of rotatable bonds is 6. The summed E-state index contributed by atoms with van der Waals surface area (Å²) in [6.07, 6.45) is 3.77. The van der Waals surface area contributed by atoms with E-state index >= 15 is 0 Å². The summed E-state index contributed by atoms with van der Waals surface area (Å²) >= 11 is 0. The molecule has 4 nitrogen and oxygen atoms in total. The van der Waals surface area contributed by atoms with Gasteiger partial charge in [-0.1, -0.05) is 61.9 Å². The van der Waals surface area contributed by atoms with Crippen molar-refractivity contribution in [2.45, 2.75) is 58.0 Å². The number of carbonyl (C=O) groups excluding carboxylic acids is 1. The van der Waals surface area contributed by atoms with E-state index in [1.165, 1.54) is 5.56 Å². The second kappa shape index (κ2) is 7.08. The first-order chi connectivity index (χ1) is 13.5. The third-order valence-corrected chi connectivity index (χ3v) is 6.28. The lowest BCUT2D eigenvalue weighted by molar-refractivity contribution is -0.133. The van der Waals surface area contributed by atoms with Gasteiger partial charge in [-0.15, -0.1) is 0 Å². The maximum absolute atomic E-state index is 13.7. The molecule has 1 aliphatic carbocycles. The van der Waals surface area contributed by atoms with Crippen LogP contribution in [0, 0.1) is 18.3 Å². The van der Waals surface area contributed by atoms with E-state index in [2.05, 4.69) is 62.5 Å². The lowest BCUT2D eigenvalue weighted by Gasteiger charge is -2.30. The molecule has 1 aliphatic heterocycles. The third-order valence-electron chi connectivity index (χ3n) is 6.28. The fourth-order valence-electron chi connectivity index (χ4n) is 4.59. The molecule has 1 saturated heterocycles. The van der Waals surface area contributed by atoms with Crippen molar-refractivity contribution < 1.29 is 4.79 Å². The number of benzene rings is 2. The van der Waals surface area contributed by atoms with Crippen LogP contribution in [0.4, 0.5) is 0 Å². The summed E-state index contributed by atoms with van der Waals surface area (Å²) in [5.74, 6) is 0.564. The molecule has 0 bridgehead atoms. The first-order valence-corrected chi connectivity index (χ1v) is 10.4. The molecule has 2 aromatic carbocycles. The molecular weight excluding hydrogens is 346 g/mol. The summed E-state index contributed by atoms with van der Waals surface area (Å²) in [6.45, 7) is 6.27. The van der Waals surface area contributed by atoms with E-state index in [-0.39, 0.29) is 23.8 Å². The van der Waals surface area contributed by atoms with Gasteiger partial charge in [0.1, 0.15) is 5.54 Å². The van der Waals surface area contributed by atoms with Gasteiger partial charge in [0.05, 0.1) is 0 Å². The van der Waals surface area contributed by atoms with Gasteiger partial charge in [0, 0.05) is 6.04 Å². The highest BCUT2D eigenvalue weighted by Crippen LogP contribution is 2.49. The summed E-state index contributed by atoms with van der Waals surface area (Å²) < 4.78 is 0. The number of nitrogens with one attached hydrogen (secondary N) is 2. The Bertz CT molecular complexity index is 914. The predicted octanol–water partition coefficient (Wildman–Crippen LogP) is 4.82. The summed E-state index contributed by atoms with van der Waals surface area (Å²) in [7, 11) is 0. The Kier molecular flexibility index (Phi) is 4.74. The van der Waals surface area contributed by atoms with E-state index in [1.54, 1.807) is 4.90 Å². The zero-order valence-electron chi connectivity index (χ0n) is 17.0. The lowest BCUT2D eigenvalue weighted by Crippen LogP contribution is -2.47. The third kappa shape index (κ3) is 2.92. The molecule has 2 fully saturated rings. The average Bonchev–Trinajstić information content (AvgIpc) is 3.51. The van der Waals surface area contributed by atoms with Gasteiger partial charge in [-0.25, -0.2) is 0 Å². The van der Waals surface area contributed by atoms with Crippen LogP contribution in [0.25, 0.3) is 11.1 Å². The number of carbonyl (C=O) groups is 1. The van der Waals surface area contributed by atoms with Crippen molar-refractivity contribution in [3.05, 3.63) is 59.7 Å². The van der Waals surface area contributed by atoms with Crippen LogP contribution >= 0.6 is 0 Å². The van der Waals surface area contributed by atoms with Gasteiger partial charge >= 0.3 is 0 Å². The van der Waals surface area contributed by atoms with E-state index in [4.69, 9.17) is 5.41 Å². The average molecular weight is 376 g/mol. The van der Waals surface area contributed by atoms with Gasteiger partial charge in [-0.2, -0.15) is 0 Å². The second-order valence-corrected chi connectivity index (χ2v) is 8.15. The number of aryl methyl sites for hydroxylation is 1. The Hall–Kier alpha value is -2.62. The number of hydrogen-bond acceptors (Lipinski definition) is 2. The van der Waals surface area contributed by atoms with Gasteiger partial charge < -0.3 is 5.32 Å². The molecular formula is C24H29N3O. The van der Waals surface area contributed by atoms with Crippen LogP contribution in [0.3, 0.4) is 0 Å². The molecule has 0 spiro atoms. The maximum atomic E-state index is 13.7.